The molecule has 23 heavy (non-hydrogen) atoms. The Hall–Kier alpha value is -2.01. The van der Waals surface area contributed by atoms with E-state index in [4.69, 9.17) is 4.74 Å². The molecule has 1 aliphatic heterocycles. The molecule has 2 N–H and O–H groups in total. The van der Waals surface area contributed by atoms with Gasteiger partial charge in [-0.25, -0.2) is 4.99 Å². The predicted octanol–water partition coefficient (Wildman–Crippen LogP) is 2.85. The van der Waals surface area contributed by atoms with E-state index in [-0.39, 0.29) is 6.10 Å². The molecule has 3 rings (SSSR count). The van der Waals surface area contributed by atoms with Crippen molar-refractivity contribution in [2.45, 2.75) is 25.9 Å². The zero-order valence-electron chi connectivity index (χ0n) is 13.4. The first kappa shape index (κ1) is 15.9. The van der Waals surface area contributed by atoms with E-state index < -0.39 is 0 Å². The Balaban J connectivity index is 1.49. The molecule has 0 aliphatic carbocycles. The number of benzene rings is 1. The molecule has 4 nitrogen and oxygen atoms in total. The second kappa shape index (κ2) is 8.02. The molecule has 1 aromatic heterocycles. The van der Waals surface area contributed by atoms with Crippen LogP contribution in [-0.2, 0) is 12.8 Å². The average Bonchev–Trinajstić information content (AvgIpc) is 3.21. The predicted molar refractivity (Wildman–Crippen MR) is 96.6 cm³/mol. The molecule has 0 bridgehead atoms. The summed E-state index contributed by atoms with van der Waals surface area (Å²) in [7, 11) is 0. The van der Waals surface area contributed by atoms with E-state index in [0.717, 1.165) is 37.6 Å². The van der Waals surface area contributed by atoms with Crippen LogP contribution in [0.25, 0.3) is 0 Å². The average molecular weight is 329 g/mol. The number of guanidine groups is 1. The first-order chi connectivity index (χ1) is 11.3. The molecule has 0 fully saturated rings. The van der Waals surface area contributed by atoms with Gasteiger partial charge in [-0.2, -0.15) is 0 Å². The number of aliphatic imine (C=N–C) groups is 1. The molecule has 0 saturated carbocycles. The standard InChI is InChI=1S/C18H23N3OS/c1-2-19-18(20-10-9-16-7-5-11-23-16)21-13-15-12-14-6-3-4-8-17(14)22-15/h3-8,11,15H,2,9-10,12-13H2,1H3,(H2,19,20,21). The third kappa shape index (κ3) is 4.48. The summed E-state index contributed by atoms with van der Waals surface area (Å²) in [5, 5.41) is 8.80. The highest BCUT2D eigenvalue weighted by atomic mass is 32.1. The van der Waals surface area contributed by atoms with Gasteiger partial charge >= 0.3 is 0 Å². The smallest absolute Gasteiger partial charge is 0.191 e. The summed E-state index contributed by atoms with van der Waals surface area (Å²) in [6.45, 7) is 4.50. The van der Waals surface area contributed by atoms with Crippen molar-refractivity contribution in [3.8, 4) is 5.75 Å². The number of thiophene rings is 1. The zero-order chi connectivity index (χ0) is 15.9. The van der Waals surface area contributed by atoms with Crippen molar-refractivity contribution in [3.63, 3.8) is 0 Å². The molecule has 1 unspecified atom stereocenters. The molecule has 1 aliphatic rings. The van der Waals surface area contributed by atoms with Crippen LogP contribution >= 0.6 is 11.3 Å². The van der Waals surface area contributed by atoms with Crippen molar-refractivity contribution in [1.82, 2.24) is 10.6 Å². The monoisotopic (exact) mass is 329 g/mol. The molecule has 0 saturated heterocycles. The molecule has 0 radical (unpaired) electrons. The minimum atomic E-state index is 0.139. The van der Waals surface area contributed by atoms with Crippen LogP contribution < -0.4 is 15.4 Å². The quantitative estimate of drug-likeness (QED) is 0.633. The number of hydrogen-bond acceptors (Lipinski definition) is 3. The maximum atomic E-state index is 5.94. The molecule has 2 heterocycles. The van der Waals surface area contributed by atoms with Crippen molar-refractivity contribution >= 4 is 17.3 Å². The van der Waals surface area contributed by atoms with Gasteiger partial charge in [0.15, 0.2) is 5.96 Å². The molecular weight excluding hydrogens is 306 g/mol. The van der Waals surface area contributed by atoms with E-state index in [1.165, 1.54) is 10.4 Å². The number of rotatable bonds is 6. The van der Waals surface area contributed by atoms with E-state index in [1.807, 2.05) is 12.1 Å². The Kier molecular flexibility index (Phi) is 5.53. The third-order valence-corrected chi connectivity index (χ3v) is 4.69. The van der Waals surface area contributed by atoms with Crippen LogP contribution in [0.15, 0.2) is 46.8 Å². The normalized spacial score (nSPS) is 16.7. The van der Waals surface area contributed by atoms with E-state index in [9.17, 15) is 0 Å². The summed E-state index contributed by atoms with van der Waals surface area (Å²) >= 11 is 1.79. The van der Waals surface area contributed by atoms with Crippen LogP contribution in [-0.4, -0.2) is 31.7 Å². The fourth-order valence-corrected chi connectivity index (χ4v) is 3.36. The molecule has 1 aromatic carbocycles. The fraction of sp³-hybridized carbons (Fsp3) is 0.389. The van der Waals surface area contributed by atoms with Gasteiger partial charge in [-0.05, 0) is 36.4 Å². The molecule has 122 valence electrons. The van der Waals surface area contributed by atoms with Gasteiger partial charge in [-0.3, -0.25) is 0 Å². The lowest BCUT2D eigenvalue weighted by Crippen LogP contribution is -2.39. The summed E-state index contributed by atoms with van der Waals surface area (Å²) in [6.07, 6.45) is 2.10. The number of fused-ring (bicyclic) bond motifs is 1. The van der Waals surface area contributed by atoms with Crippen LogP contribution in [0.3, 0.4) is 0 Å². The molecule has 5 heteroatoms. The Labute approximate surface area is 141 Å². The van der Waals surface area contributed by atoms with Crippen molar-refractivity contribution in [2.24, 2.45) is 4.99 Å². The first-order valence-corrected chi connectivity index (χ1v) is 9.02. The SMILES string of the molecule is CCNC(=NCC1Cc2ccccc2O1)NCCc1cccs1. The lowest BCUT2D eigenvalue weighted by Gasteiger charge is -2.13. The number of hydrogen-bond donors (Lipinski definition) is 2. The maximum absolute atomic E-state index is 5.94. The zero-order valence-corrected chi connectivity index (χ0v) is 14.2. The molecule has 2 aromatic rings. The van der Waals surface area contributed by atoms with Gasteiger partial charge in [0.2, 0.25) is 0 Å². The summed E-state index contributed by atoms with van der Waals surface area (Å²) < 4.78 is 5.94. The van der Waals surface area contributed by atoms with Gasteiger partial charge in [0, 0.05) is 24.4 Å². The number of nitrogens with zero attached hydrogens (tertiary/aromatic N) is 1. The molecule has 0 amide bonds. The van der Waals surface area contributed by atoms with Gasteiger partial charge in [0.05, 0.1) is 6.54 Å². The van der Waals surface area contributed by atoms with Crippen molar-refractivity contribution < 1.29 is 4.74 Å². The van der Waals surface area contributed by atoms with Crippen LogP contribution in [0, 0.1) is 0 Å². The lowest BCUT2D eigenvalue weighted by molar-refractivity contribution is 0.241. The Morgan fingerprint density at radius 1 is 1.26 bits per heavy atom. The van der Waals surface area contributed by atoms with Crippen LogP contribution in [0.5, 0.6) is 5.75 Å². The molecule has 1 atom stereocenters. The second-order valence-corrected chi connectivity index (χ2v) is 6.56. The van der Waals surface area contributed by atoms with Crippen molar-refractivity contribution in [3.05, 3.63) is 52.2 Å². The topological polar surface area (TPSA) is 45.7 Å². The minimum Gasteiger partial charge on any atom is -0.488 e. The van der Waals surface area contributed by atoms with Gasteiger partial charge in [0.25, 0.3) is 0 Å². The first-order valence-electron chi connectivity index (χ1n) is 8.14. The van der Waals surface area contributed by atoms with Crippen molar-refractivity contribution in [2.75, 3.05) is 19.6 Å². The minimum absolute atomic E-state index is 0.139. The Morgan fingerprint density at radius 2 is 2.17 bits per heavy atom. The van der Waals surface area contributed by atoms with Crippen molar-refractivity contribution in [1.29, 1.82) is 0 Å². The van der Waals surface area contributed by atoms with Gasteiger partial charge in [-0.1, -0.05) is 24.3 Å². The summed E-state index contributed by atoms with van der Waals surface area (Å²) in [4.78, 5) is 6.06. The number of nitrogens with one attached hydrogen (secondary N) is 2. The largest absolute Gasteiger partial charge is 0.488 e. The Morgan fingerprint density at radius 3 is 2.96 bits per heavy atom. The number of para-hydroxylation sites is 1. The molecule has 0 spiro atoms. The summed E-state index contributed by atoms with van der Waals surface area (Å²) in [6, 6.07) is 12.5. The van der Waals surface area contributed by atoms with E-state index in [0.29, 0.717) is 6.54 Å². The summed E-state index contributed by atoms with van der Waals surface area (Å²) in [5.74, 6) is 1.87. The maximum Gasteiger partial charge on any atom is 0.191 e. The lowest BCUT2D eigenvalue weighted by atomic mass is 10.1. The van der Waals surface area contributed by atoms with E-state index in [2.05, 4.69) is 52.2 Å². The second-order valence-electron chi connectivity index (χ2n) is 5.53. The van der Waals surface area contributed by atoms with Gasteiger partial charge in [0.1, 0.15) is 11.9 Å². The van der Waals surface area contributed by atoms with Gasteiger partial charge < -0.3 is 15.4 Å². The van der Waals surface area contributed by atoms with Crippen LogP contribution in [0.4, 0.5) is 0 Å². The third-order valence-electron chi connectivity index (χ3n) is 3.76. The van der Waals surface area contributed by atoms with Crippen LogP contribution in [0.1, 0.15) is 17.4 Å². The highest BCUT2D eigenvalue weighted by Gasteiger charge is 2.21. The van der Waals surface area contributed by atoms with Gasteiger partial charge in [-0.15, -0.1) is 11.3 Å². The Bertz CT molecular complexity index is 614. The molecular formula is C18H23N3OS. The van der Waals surface area contributed by atoms with E-state index >= 15 is 0 Å². The highest BCUT2D eigenvalue weighted by molar-refractivity contribution is 7.09. The summed E-state index contributed by atoms with van der Waals surface area (Å²) in [5.41, 5.74) is 1.28. The van der Waals surface area contributed by atoms with Crippen LogP contribution in [0.2, 0.25) is 0 Å². The highest BCUT2D eigenvalue weighted by Crippen LogP contribution is 2.28. The number of ether oxygens (including phenoxy) is 1. The fourth-order valence-electron chi connectivity index (χ4n) is 2.65. The van der Waals surface area contributed by atoms with E-state index in [1.54, 1.807) is 11.3 Å².